The molecule has 0 saturated heterocycles. The molecule has 1 aromatic carbocycles. The fourth-order valence-electron chi connectivity index (χ4n) is 7.18. The minimum absolute atomic E-state index is 0.275. The Balaban J connectivity index is 5.20. The average molecular weight is 625 g/mol. The molecule has 0 atom stereocenters. The summed E-state index contributed by atoms with van der Waals surface area (Å²) in [6.45, 7) is 23.8. The zero-order chi connectivity index (χ0) is 32.0. The number of methoxy groups -OCH3 is 2. The number of rotatable bonds is 12. The molecular formula is C28H54O9P2Si. The Bertz CT molecular complexity index is 1110. The molecule has 0 amide bonds. The highest BCUT2D eigenvalue weighted by atomic mass is 31.2. The lowest BCUT2D eigenvalue weighted by molar-refractivity contribution is 0.113. The zero-order valence-corrected chi connectivity index (χ0v) is 30.1. The van der Waals surface area contributed by atoms with Gasteiger partial charge in [-0.05, 0) is 42.2 Å². The minimum atomic E-state index is -5.56. The summed E-state index contributed by atoms with van der Waals surface area (Å²) in [4.78, 5) is 42.0. The molecule has 4 N–H and O–H groups in total. The summed E-state index contributed by atoms with van der Waals surface area (Å²) in [6, 6.07) is 0. The molecule has 0 aliphatic heterocycles. The standard InChI is InChI=1S/C28H54O9P2Si/c1-16(2)20-21(25(37-40(14)15)24(36-13)22(23(20)35-12)26(9,10)11)27(17(3)4,18(5)6)28(19(7)8,38(29,30)31)39(32,33)34/h16-19,40H,1-15H3,(H2,29,30,31)(H2,32,33,34). The molecule has 0 fully saturated rings. The molecule has 1 rings (SSSR count). The van der Waals surface area contributed by atoms with Crippen LogP contribution in [-0.4, -0.2) is 47.7 Å². The van der Waals surface area contributed by atoms with Crippen molar-refractivity contribution in [3.05, 3.63) is 16.7 Å². The van der Waals surface area contributed by atoms with E-state index in [-0.39, 0.29) is 11.7 Å². The molecule has 1 aromatic rings. The van der Waals surface area contributed by atoms with Gasteiger partial charge < -0.3 is 33.5 Å². The van der Waals surface area contributed by atoms with Crippen molar-refractivity contribution in [3.8, 4) is 17.2 Å². The average Bonchev–Trinajstić information content (AvgIpc) is 2.72. The van der Waals surface area contributed by atoms with Gasteiger partial charge in [-0.1, -0.05) is 76.2 Å². The van der Waals surface area contributed by atoms with Crippen molar-refractivity contribution < 1.29 is 42.6 Å². The first-order valence-corrected chi connectivity index (χ1v) is 20.0. The van der Waals surface area contributed by atoms with Gasteiger partial charge in [0.15, 0.2) is 16.4 Å². The maximum Gasteiger partial charge on any atom is 0.344 e. The van der Waals surface area contributed by atoms with Crippen LogP contribution in [0.1, 0.15) is 98.8 Å². The van der Waals surface area contributed by atoms with Crippen molar-refractivity contribution in [2.75, 3.05) is 14.2 Å². The molecule has 0 radical (unpaired) electrons. The highest BCUT2D eigenvalue weighted by Gasteiger charge is 2.76. The number of ether oxygens (including phenoxy) is 2. The van der Waals surface area contributed by atoms with E-state index in [4.69, 9.17) is 13.9 Å². The number of hydrogen-bond donors (Lipinski definition) is 4. The van der Waals surface area contributed by atoms with Crippen LogP contribution in [0.25, 0.3) is 0 Å². The summed E-state index contributed by atoms with van der Waals surface area (Å²) in [5, 5.41) is 0. The van der Waals surface area contributed by atoms with E-state index in [2.05, 4.69) is 0 Å². The van der Waals surface area contributed by atoms with Crippen molar-refractivity contribution >= 4 is 24.2 Å². The van der Waals surface area contributed by atoms with Gasteiger partial charge in [0.2, 0.25) is 9.04 Å². The highest BCUT2D eigenvalue weighted by molar-refractivity contribution is 7.72. The summed E-state index contributed by atoms with van der Waals surface area (Å²) >= 11 is 0. The second kappa shape index (κ2) is 12.4. The zero-order valence-electron chi connectivity index (χ0n) is 27.1. The van der Waals surface area contributed by atoms with E-state index in [1.165, 1.54) is 28.1 Å². The quantitative estimate of drug-likeness (QED) is 0.147. The van der Waals surface area contributed by atoms with Crippen LogP contribution in [0.15, 0.2) is 0 Å². The molecule has 0 saturated carbocycles. The molecule has 40 heavy (non-hydrogen) atoms. The smallest absolute Gasteiger partial charge is 0.344 e. The second-order valence-corrected chi connectivity index (χ2v) is 19.6. The highest BCUT2D eigenvalue weighted by Crippen LogP contribution is 2.82. The second-order valence-electron chi connectivity index (χ2n) is 13.3. The first kappa shape index (κ1) is 37.2. The molecular weight excluding hydrogens is 570 g/mol. The van der Waals surface area contributed by atoms with Gasteiger partial charge in [-0.25, -0.2) is 0 Å². The monoisotopic (exact) mass is 624 g/mol. The maximum atomic E-state index is 13.8. The third-order valence-electron chi connectivity index (χ3n) is 8.03. The van der Waals surface area contributed by atoms with E-state index >= 15 is 0 Å². The fourth-order valence-corrected chi connectivity index (χ4v) is 12.8. The van der Waals surface area contributed by atoms with E-state index in [9.17, 15) is 28.7 Å². The van der Waals surface area contributed by atoms with Crippen LogP contribution in [0, 0.1) is 17.8 Å². The van der Waals surface area contributed by atoms with E-state index in [1.807, 2.05) is 47.7 Å². The van der Waals surface area contributed by atoms with Crippen LogP contribution in [0.4, 0.5) is 0 Å². The van der Waals surface area contributed by atoms with Crippen LogP contribution in [0.3, 0.4) is 0 Å². The Kier molecular flexibility index (Phi) is 11.5. The van der Waals surface area contributed by atoms with Crippen molar-refractivity contribution in [2.45, 2.75) is 111 Å². The van der Waals surface area contributed by atoms with Gasteiger partial charge in [0.1, 0.15) is 5.75 Å². The summed E-state index contributed by atoms with van der Waals surface area (Å²) < 4.78 is 46.5. The normalized spacial score (nSPS) is 14.2. The van der Waals surface area contributed by atoms with Crippen LogP contribution in [-0.2, 0) is 20.0 Å². The van der Waals surface area contributed by atoms with Gasteiger partial charge >= 0.3 is 15.2 Å². The molecule has 0 unspecified atom stereocenters. The molecule has 12 heteroatoms. The molecule has 0 bridgehead atoms. The summed E-state index contributed by atoms with van der Waals surface area (Å²) in [7, 11) is -10.0. The first-order valence-electron chi connectivity index (χ1n) is 14.0. The predicted octanol–water partition coefficient (Wildman–Crippen LogP) is 6.74. The number of hydrogen-bond acceptors (Lipinski definition) is 5. The van der Waals surface area contributed by atoms with Crippen LogP contribution < -0.4 is 13.9 Å². The summed E-state index contributed by atoms with van der Waals surface area (Å²) in [5.74, 6) is -1.65. The van der Waals surface area contributed by atoms with Crippen LogP contribution in [0.5, 0.6) is 17.2 Å². The fraction of sp³-hybridized carbons (Fsp3) is 0.786. The predicted molar refractivity (Wildman–Crippen MR) is 165 cm³/mol. The van der Waals surface area contributed by atoms with Crippen molar-refractivity contribution in [3.63, 3.8) is 0 Å². The molecule has 0 aromatic heterocycles. The molecule has 0 heterocycles. The van der Waals surface area contributed by atoms with Crippen molar-refractivity contribution in [1.82, 2.24) is 0 Å². The molecule has 234 valence electrons. The van der Waals surface area contributed by atoms with Gasteiger partial charge in [0.25, 0.3) is 0 Å². The topological polar surface area (TPSA) is 143 Å². The lowest BCUT2D eigenvalue weighted by Crippen LogP contribution is -2.60. The molecule has 0 spiro atoms. The Morgan fingerprint density at radius 1 is 0.675 bits per heavy atom. The Morgan fingerprint density at radius 3 is 1.30 bits per heavy atom. The third-order valence-corrected chi connectivity index (χ3v) is 13.8. The van der Waals surface area contributed by atoms with Gasteiger partial charge in [0.05, 0.1) is 14.2 Å². The van der Waals surface area contributed by atoms with Gasteiger partial charge in [-0.3, -0.25) is 9.13 Å². The minimum Gasteiger partial charge on any atom is -0.544 e. The Hall–Kier alpha value is -0.863. The van der Waals surface area contributed by atoms with Crippen molar-refractivity contribution in [2.24, 2.45) is 17.8 Å². The maximum absolute atomic E-state index is 13.8. The Morgan fingerprint density at radius 2 is 1.07 bits per heavy atom. The molecule has 9 nitrogen and oxygen atoms in total. The lowest BCUT2D eigenvalue weighted by atomic mass is 9.57. The van der Waals surface area contributed by atoms with Crippen LogP contribution >= 0.6 is 15.2 Å². The largest absolute Gasteiger partial charge is 0.544 e. The van der Waals surface area contributed by atoms with Gasteiger partial charge in [-0.15, -0.1) is 0 Å². The van der Waals surface area contributed by atoms with Gasteiger partial charge in [-0.2, -0.15) is 0 Å². The third kappa shape index (κ3) is 5.71. The first-order chi connectivity index (χ1) is 17.8. The summed E-state index contributed by atoms with van der Waals surface area (Å²) in [5.41, 5.74) is -0.634. The lowest BCUT2D eigenvalue weighted by Gasteiger charge is -2.58. The van der Waals surface area contributed by atoms with Crippen molar-refractivity contribution in [1.29, 1.82) is 0 Å². The van der Waals surface area contributed by atoms with Crippen LogP contribution in [0.2, 0.25) is 13.1 Å². The molecule has 0 aliphatic carbocycles. The van der Waals surface area contributed by atoms with E-state index < -0.39 is 57.7 Å². The summed E-state index contributed by atoms with van der Waals surface area (Å²) in [6.07, 6.45) is 0. The van der Waals surface area contributed by atoms with E-state index in [0.29, 0.717) is 22.6 Å². The molecule has 0 aliphatic rings. The number of benzene rings is 1. The SMILES string of the molecule is COc1c(O[SiH](C)C)c(C(C(C)C)(C(C)C)C(C(C)C)(P(=O)(O)O)P(=O)(O)O)c(C(C)C)c(OC)c1C(C)(C)C. The van der Waals surface area contributed by atoms with E-state index in [0.717, 1.165) is 5.56 Å². The van der Waals surface area contributed by atoms with E-state index in [1.54, 1.807) is 27.7 Å². The Labute approximate surface area is 243 Å². The van der Waals surface area contributed by atoms with Gasteiger partial charge in [0, 0.05) is 22.1 Å².